The molecule has 1 saturated heterocycles. The number of carbonyl (C=O) groups is 1. The topological polar surface area (TPSA) is 66.5 Å². The molecule has 1 aromatic carbocycles. The summed E-state index contributed by atoms with van der Waals surface area (Å²) in [6, 6.07) is 9.87. The molecule has 2 N–H and O–H groups in total. The second kappa shape index (κ2) is 8.77. The minimum Gasteiger partial charge on any atom is -0.379 e. The van der Waals surface area contributed by atoms with Gasteiger partial charge in [0.25, 0.3) is 5.91 Å². The van der Waals surface area contributed by atoms with Crippen molar-refractivity contribution in [2.24, 2.45) is 0 Å². The number of ether oxygens (including phenoxy) is 1. The number of carbonyl (C=O) groups excluding carboxylic acids is 1. The molecule has 1 aromatic heterocycles. The van der Waals surface area contributed by atoms with Gasteiger partial charge in [0.2, 0.25) is 0 Å². The van der Waals surface area contributed by atoms with E-state index in [-0.39, 0.29) is 5.91 Å². The lowest BCUT2D eigenvalue weighted by atomic mass is 10.2. The van der Waals surface area contributed by atoms with Crippen LogP contribution in [0.5, 0.6) is 0 Å². The van der Waals surface area contributed by atoms with Crippen molar-refractivity contribution in [2.45, 2.75) is 6.54 Å². The van der Waals surface area contributed by atoms with Gasteiger partial charge in [0, 0.05) is 32.7 Å². The molecule has 0 aliphatic carbocycles. The Morgan fingerprint density at radius 1 is 1.25 bits per heavy atom. The number of thiazole rings is 1. The van der Waals surface area contributed by atoms with Crippen LogP contribution in [-0.4, -0.2) is 55.2 Å². The minimum atomic E-state index is -0.0856. The van der Waals surface area contributed by atoms with Gasteiger partial charge in [-0.25, -0.2) is 4.98 Å². The SMILES string of the molecule is O=C(NCc1ccccc1)c1cnc(NCCN2CCOCC2)s1. The van der Waals surface area contributed by atoms with E-state index in [1.54, 1.807) is 6.20 Å². The number of aromatic nitrogens is 1. The molecule has 0 spiro atoms. The highest BCUT2D eigenvalue weighted by atomic mass is 32.1. The number of rotatable bonds is 7. The second-order valence-electron chi connectivity index (χ2n) is 5.58. The second-order valence-corrected chi connectivity index (χ2v) is 6.61. The van der Waals surface area contributed by atoms with Gasteiger partial charge in [-0.3, -0.25) is 9.69 Å². The van der Waals surface area contributed by atoms with Crippen LogP contribution in [0.1, 0.15) is 15.2 Å². The van der Waals surface area contributed by atoms with Crippen molar-refractivity contribution in [3.05, 3.63) is 47.0 Å². The molecule has 6 nitrogen and oxygen atoms in total. The molecule has 0 unspecified atom stereocenters. The fraction of sp³-hybridized carbons (Fsp3) is 0.412. The monoisotopic (exact) mass is 346 g/mol. The highest BCUT2D eigenvalue weighted by molar-refractivity contribution is 7.17. The summed E-state index contributed by atoms with van der Waals surface area (Å²) in [7, 11) is 0. The molecule has 1 amide bonds. The Morgan fingerprint density at radius 2 is 2.04 bits per heavy atom. The molecule has 0 radical (unpaired) electrons. The molecule has 2 aromatic rings. The minimum absolute atomic E-state index is 0.0856. The van der Waals surface area contributed by atoms with Crippen molar-refractivity contribution in [1.29, 1.82) is 0 Å². The van der Waals surface area contributed by atoms with Gasteiger partial charge in [0.05, 0.1) is 19.4 Å². The lowest BCUT2D eigenvalue weighted by molar-refractivity contribution is 0.0398. The zero-order valence-corrected chi connectivity index (χ0v) is 14.3. The molecule has 7 heteroatoms. The lowest BCUT2D eigenvalue weighted by Crippen LogP contribution is -2.38. The summed E-state index contributed by atoms with van der Waals surface area (Å²) in [6.45, 7) is 5.87. The van der Waals surface area contributed by atoms with Crippen molar-refractivity contribution >= 4 is 22.4 Å². The number of benzene rings is 1. The van der Waals surface area contributed by atoms with Gasteiger partial charge in [0.1, 0.15) is 4.88 Å². The Balaban J connectivity index is 1.41. The third kappa shape index (κ3) is 5.02. The number of nitrogens with zero attached hydrogens (tertiary/aromatic N) is 2. The van der Waals surface area contributed by atoms with Crippen molar-refractivity contribution in [3.8, 4) is 0 Å². The van der Waals surface area contributed by atoms with Crippen LogP contribution in [0.4, 0.5) is 5.13 Å². The summed E-state index contributed by atoms with van der Waals surface area (Å²) in [6.07, 6.45) is 1.63. The van der Waals surface area contributed by atoms with E-state index in [1.165, 1.54) is 11.3 Å². The van der Waals surface area contributed by atoms with E-state index in [9.17, 15) is 4.79 Å². The van der Waals surface area contributed by atoms with Gasteiger partial charge in [-0.15, -0.1) is 0 Å². The van der Waals surface area contributed by atoms with Gasteiger partial charge < -0.3 is 15.4 Å². The Hall–Kier alpha value is -1.96. The molecular weight excluding hydrogens is 324 g/mol. The molecule has 2 heterocycles. The molecule has 0 atom stereocenters. The zero-order valence-electron chi connectivity index (χ0n) is 13.5. The van der Waals surface area contributed by atoms with Gasteiger partial charge in [-0.05, 0) is 5.56 Å². The number of hydrogen-bond donors (Lipinski definition) is 2. The van der Waals surface area contributed by atoms with Crippen molar-refractivity contribution in [1.82, 2.24) is 15.2 Å². The van der Waals surface area contributed by atoms with Crippen LogP contribution < -0.4 is 10.6 Å². The molecule has 1 aliphatic heterocycles. The van der Waals surface area contributed by atoms with E-state index in [1.807, 2.05) is 30.3 Å². The smallest absolute Gasteiger partial charge is 0.263 e. The molecule has 1 aliphatic rings. The van der Waals surface area contributed by atoms with E-state index in [2.05, 4.69) is 20.5 Å². The first kappa shape index (κ1) is 16.9. The van der Waals surface area contributed by atoms with Crippen LogP contribution in [0.15, 0.2) is 36.5 Å². The van der Waals surface area contributed by atoms with Crippen molar-refractivity contribution in [3.63, 3.8) is 0 Å². The highest BCUT2D eigenvalue weighted by Crippen LogP contribution is 2.17. The van der Waals surface area contributed by atoms with E-state index < -0.39 is 0 Å². The van der Waals surface area contributed by atoms with Crippen LogP contribution in [-0.2, 0) is 11.3 Å². The first-order valence-corrected chi connectivity index (χ1v) is 8.95. The molecule has 1 fully saturated rings. The van der Waals surface area contributed by atoms with Crippen molar-refractivity contribution in [2.75, 3.05) is 44.7 Å². The molecular formula is C17H22N4O2S. The maximum Gasteiger partial charge on any atom is 0.263 e. The quantitative estimate of drug-likeness (QED) is 0.800. The summed E-state index contributed by atoms with van der Waals surface area (Å²) >= 11 is 1.39. The van der Waals surface area contributed by atoms with Gasteiger partial charge in [-0.1, -0.05) is 41.7 Å². The Bertz CT molecular complexity index is 641. The summed E-state index contributed by atoms with van der Waals surface area (Å²) in [5, 5.41) is 6.99. The number of morpholine rings is 1. The van der Waals surface area contributed by atoms with E-state index in [4.69, 9.17) is 4.74 Å². The molecule has 0 saturated carbocycles. The predicted octanol–water partition coefficient (Wildman–Crippen LogP) is 1.82. The summed E-state index contributed by atoms with van der Waals surface area (Å²) < 4.78 is 5.33. The molecule has 24 heavy (non-hydrogen) atoms. The van der Waals surface area contributed by atoms with Crippen LogP contribution >= 0.6 is 11.3 Å². The summed E-state index contributed by atoms with van der Waals surface area (Å²) in [5.41, 5.74) is 1.08. The molecule has 3 rings (SSSR count). The van der Waals surface area contributed by atoms with Gasteiger partial charge >= 0.3 is 0 Å². The molecule has 0 bridgehead atoms. The first-order chi connectivity index (χ1) is 11.8. The average molecular weight is 346 g/mol. The zero-order chi connectivity index (χ0) is 16.6. The summed E-state index contributed by atoms with van der Waals surface area (Å²) in [5.74, 6) is -0.0856. The first-order valence-electron chi connectivity index (χ1n) is 8.13. The average Bonchev–Trinajstić information content (AvgIpc) is 3.10. The Kier molecular flexibility index (Phi) is 6.17. The molecule has 128 valence electrons. The number of amides is 1. The number of nitrogens with one attached hydrogen (secondary N) is 2. The third-order valence-corrected chi connectivity index (χ3v) is 4.79. The normalized spacial score (nSPS) is 15.2. The predicted molar refractivity (Wildman–Crippen MR) is 95.5 cm³/mol. The standard InChI is InChI=1S/C17H22N4O2S/c22-16(19-12-14-4-2-1-3-5-14)15-13-20-17(24-15)18-6-7-21-8-10-23-11-9-21/h1-5,13H,6-12H2,(H,18,20)(H,19,22). The Labute approximate surface area is 145 Å². The maximum absolute atomic E-state index is 12.2. The largest absolute Gasteiger partial charge is 0.379 e. The van der Waals surface area contributed by atoms with E-state index >= 15 is 0 Å². The van der Waals surface area contributed by atoms with E-state index in [0.29, 0.717) is 11.4 Å². The number of hydrogen-bond acceptors (Lipinski definition) is 6. The Morgan fingerprint density at radius 3 is 2.83 bits per heavy atom. The van der Waals surface area contributed by atoms with E-state index in [0.717, 1.165) is 50.1 Å². The van der Waals surface area contributed by atoms with Crippen molar-refractivity contribution < 1.29 is 9.53 Å². The lowest BCUT2D eigenvalue weighted by Gasteiger charge is -2.26. The number of anilines is 1. The van der Waals surface area contributed by atoms with Crippen LogP contribution in [0, 0.1) is 0 Å². The van der Waals surface area contributed by atoms with Crippen LogP contribution in [0.3, 0.4) is 0 Å². The van der Waals surface area contributed by atoms with Crippen LogP contribution in [0.25, 0.3) is 0 Å². The maximum atomic E-state index is 12.2. The summed E-state index contributed by atoms with van der Waals surface area (Å²) in [4.78, 5) is 19.4. The van der Waals surface area contributed by atoms with Crippen LogP contribution in [0.2, 0.25) is 0 Å². The fourth-order valence-corrected chi connectivity index (χ4v) is 3.23. The third-order valence-electron chi connectivity index (χ3n) is 3.83. The highest BCUT2D eigenvalue weighted by Gasteiger charge is 2.12. The van der Waals surface area contributed by atoms with Gasteiger partial charge in [0.15, 0.2) is 5.13 Å². The van der Waals surface area contributed by atoms with Gasteiger partial charge in [-0.2, -0.15) is 0 Å². The fourth-order valence-electron chi connectivity index (χ4n) is 2.47.